The zero-order chi connectivity index (χ0) is 21.9. The first kappa shape index (κ1) is 21.7. The Bertz CT molecular complexity index is 919. The second-order valence-corrected chi connectivity index (χ2v) is 8.49. The van der Waals surface area contributed by atoms with E-state index >= 15 is 0 Å². The fourth-order valence-corrected chi connectivity index (χ4v) is 3.08. The summed E-state index contributed by atoms with van der Waals surface area (Å²) in [5.41, 5.74) is 0.783. The molecule has 1 saturated carbocycles. The molecule has 160 valence electrons. The Balaban J connectivity index is 1.74. The molecule has 5 nitrogen and oxygen atoms in total. The monoisotopic (exact) mass is 416 g/mol. The van der Waals surface area contributed by atoms with Crippen molar-refractivity contribution in [3.05, 3.63) is 65.2 Å². The minimum absolute atomic E-state index is 0.0637. The maximum absolute atomic E-state index is 14.5. The summed E-state index contributed by atoms with van der Waals surface area (Å²) in [4.78, 5) is 24.9. The SMILES string of the molecule is CC(C)(C)OC(=O)NC[C@H](C(=O)Nc1ccc(C2CC2)cc1F)c1ccc(F)cc1. The quantitative estimate of drug-likeness (QED) is 0.689. The average Bonchev–Trinajstić information content (AvgIpc) is 3.49. The van der Waals surface area contributed by atoms with Crippen molar-refractivity contribution in [1.82, 2.24) is 5.32 Å². The highest BCUT2D eigenvalue weighted by Crippen LogP contribution is 2.40. The molecule has 1 fully saturated rings. The molecular weight excluding hydrogens is 390 g/mol. The van der Waals surface area contributed by atoms with Gasteiger partial charge in [-0.05, 0) is 74.9 Å². The summed E-state index contributed by atoms with van der Waals surface area (Å²) in [7, 11) is 0. The van der Waals surface area contributed by atoms with Crippen molar-refractivity contribution in [3.63, 3.8) is 0 Å². The largest absolute Gasteiger partial charge is 0.444 e. The molecule has 30 heavy (non-hydrogen) atoms. The van der Waals surface area contributed by atoms with Crippen LogP contribution in [0.4, 0.5) is 19.3 Å². The number of rotatable bonds is 6. The van der Waals surface area contributed by atoms with Crippen molar-refractivity contribution in [1.29, 1.82) is 0 Å². The van der Waals surface area contributed by atoms with E-state index in [0.717, 1.165) is 18.4 Å². The topological polar surface area (TPSA) is 67.4 Å². The van der Waals surface area contributed by atoms with Gasteiger partial charge in [-0.3, -0.25) is 4.79 Å². The van der Waals surface area contributed by atoms with Crippen LogP contribution in [0, 0.1) is 11.6 Å². The van der Waals surface area contributed by atoms with Crippen LogP contribution in [0.1, 0.15) is 56.6 Å². The number of alkyl carbamates (subject to hydrolysis) is 1. The highest BCUT2D eigenvalue weighted by atomic mass is 19.1. The lowest BCUT2D eigenvalue weighted by Gasteiger charge is -2.22. The van der Waals surface area contributed by atoms with Crippen molar-refractivity contribution in [3.8, 4) is 0 Å². The van der Waals surface area contributed by atoms with Crippen LogP contribution < -0.4 is 10.6 Å². The molecule has 1 aliphatic rings. The van der Waals surface area contributed by atoms with Gasteiger partial charge in [0.15, 0.2) is 0 Å². The first-order chi connectivity index (χ1) is 14.1. The minimum atomic E-state index is -0.861. The number of carbonyl (C=O) groups excluding carboxylic acids is 2. The molecule has 0 saturated heterocycles. The summed E-state index contributed by atoms with van der Waals surface area (Å²) >= 11 is 0. The van der Waals surface area contributed by atoms with Gasteiger partial charge in [-0.1, -0.05) is 18.2 Å². The molecular formula is C23H26F2N2O3. The van der Waals surface area contributed by atoms with Gasteiger partial charge in [0.25, 0.3) is 0 Å². The Hall–Kier alpha value is -2.96. The number of amides is 2. The number of nitrogens with one attached hydrogen (secondary N) is 2. The highest BCUT2D eigenvalue weighted by molar-refractivity contribution is 5.96. The molecule has 0 aromatic heterocycles. The lowest BCUT2D eigenvalue weighted by atomic mass is 9.97. The van der Waals surface area contributed by atoms with Gasteiger partial charge >= 0.3 is 6.09 Å². The predicted octanol–water partition coefficient (Wildman–Crippen LogP) is 5.09. The fraction of sp³-hybridized carbons (Fsp3) is 0.391. The van der Waals surface area contributed by atoms with Gasteiger partial charge in [-0.25, -0.2) is 13.6 Å². The summed E-state index contributed by atoms with van der Waals surface area (Å²) in [6, 6.07) is 10.2. The molecule has 2 aromatic rings. The zero-order valence-electron chi connectivity index (χ0n) is 17.3. The molecule has 0 aliphatic heterocycles. The summed E-state index contributed by atoms with van der Waals surface area (Å²) in [5, 5.41) is 5.14. The first-order valence-electron chi connectivity index (χ1n) is 9.95. The van der Waals surface area contributed by atoms with Crippen LogP contribution in [0.3, 0.4) is 0 Å². The molecule has 2 amide bonds. The molecule has 1 atom stereocenters. The average molecular weight is 416 g/mol. The third kappa shape index (κ3) is 6.02. The maximum atomic E-state index is 14.5. The van der Waals surface area contributed by atoms with E-state index in [-0.39, 0.29) is 12.2 Å². The Morgan fingerprint density at radius 2 is 1.77 bits per heavy atom. The van der Waals surface area contributed by atoms with Crippen LogP contribution in [0.25, 0.3) is 0 Å². The van der Waals surface area contributed by atoms with Crippen molar-refractivity contribution >= 4 is 17.7 Å². The van der Waals surface area contributed by atoms with E-state index < -0.39 is 35.2 Å². The summed E-state index contributed by atoms with van der Waals surface area (Å²) in [5.74, 6) is -1.93. The molecule has 0 spiro atoms. The second-order valence-electron chi connectivity index (χ2n) is 8.49. The van der Waals surface area contributed by atoms with E-state index in [1.807, 2.05) is 6.07 Å². The number of halogens is 2. The predicted molar refractivity (Wildman–Crippen MR) is 110 cm³/mol. The molecule has 0 radical (unpaired) electrons. The van der Waals surface area contributed by atoms with Gasteiger partial charge in [0.05, 0.1) is 11.6 Å². The van der Waals surface area contributed by atoms with E-state index in [2.05, 4.69) is 10.6 Å². The smallest absolute Gasteiger partial charge is 0.407 e. The van der Waals surface area contributed by atoms with E-state index in [1.165, 1.54) is 30.3 Å². The van der Waals surface area contributed by atoms with Crippen LogP contribution in [0.2, 0.25) is 0 Å². The van der Waals surface area contributed by atoms with Gasteiger partial charge < -0.3 is 15.4 Å². The van der Waals surface area contributed by atoms with Crippen LogP contribution in [-0.2, 0) is 9.53 Å². The Morgan fingerprint density at radius 3 is 2.33 bits per heavy atom. The number of hydrogen-bond acceptors (Lipinski definition) is 3. The lowest BCUT2D eigenvalue weighted by molar-refractivity contribution is -0.117. The lowest BCUT2D eigenvalue weighted by Crippen LogP contribution is -2.37. The molecule has 1 aliphatic carbocycles. The van der Waals surface area contributed by atoms with Crippen molar-refractivity contribution in [2.24, 2.45) is 0 Å². The van der Waals surface area contributed by atoms with Gasteiger partial charge in [0, 0.05) is 6.54 Å². The molecule has 7 heteroatoms. The molecule has 2 aromatic carbocycles. The highest BCUT2D eigenvalue weighted by Gasteiger charge is 2.26. The number of hydrogen-bond donors (Lipinski definition) is 2. The van der Waals surface area contributed by atoms with Crippen molar-refractivity contribution < 1.29 is 23.1 Å². The minimum Gasteiger partial charge on any atom is -0.444 e. The van der Waals surface area contributed by atoms with Crippen molar-refractivity contribution in [2.75, 3.05) is 11.9 Å². The van der Waals surface area contributed by atoms with Gasteiger partial charge in [-0.15, -0.1) is 0 Å². The summed E-state index contributed by atoms with van der Waals surface area (Å²) in [6.07, 6.45) is 1.42. The summed E-state index contributed by atoms with van der Waals surface area (Å²) < 4.78 is 33.0. The van der Waals surface area contributed by atoms with E-state index in [1.54, 1.807) is 26.8 Å². The van der Waals surface area contributed by atoms with E-state index in [9.17, 15) is 18.4 Å². The second kappa shape index (κ2) is 8.81. The van der Waals surface area contributed by atoms with Crippen molar-refractivity contribution in [2.45, 2.75) is 51.0 Å². The Kier molecular flexibility index (Phi) is 6.39. The zero-order valence-corrected chi connectivity index (χ0v) is 17.3. The molecule has 3 rings (SSSR count). The van der Waals surface area contributed by atoms with E-state index in [0.29, 0.717) is 11.5 Å². The number of anilines is 1. The fourth-order valence-electron chi connectivity index (χ4n) is 3.08. The van der Waals surface area contributed by atoms with Crippen LogP contribution in [0.5, 0.6) is 0 Å². The third-order valence-corrected chi connectivity index (χ3v) is 4.74. The van der Waals surface area contributed by atoms with Gasteiger partial charge in [-0.2, -0.15) is 0 Å². The molecule has 0 unspecified atom stereocenters. The Morgan fingerprint density at radius 1 is 1.10 bits per heavy atom. The normalized spacial score (nSPS) is 14.7. The van der Waals surface area contributed by atoms with Gasteiger partial charge in [0.2, 0.25) is 5.91 Å². The summed E-state index contributed by atoms with van der Waals surface area (Å²) in [6.45, 7) is 5.09. The van der Waals surface area contributed by atoms with E-state index in [4.69, 9.17) is 4.74 Å². The molecule has 0 heterocycles. The third-order valence-electron chi connectivity index (χ3n) is 4.74. The van der Waals surface area contributed by atoms with Gasteiger partial charge in [0.1, 0.15) is 17.2 Å². The van der Waals surface area contributed by atoms with Crippen LogP contribution in [0.15, 0.2) is 42.5 Å². The maximum Gasteiger partial charge on any atom is 0.407 e. The number of carbonyl (C=O) groups is 2. The molecule has 2 N–H and O–H groups in total. The standard InChI is InChI=1S/C23H26F2N2O3/c1-23(2,3)30-22(29)26-13-18(15-6-9-17(24)10-7-15)21(28)27-20-11-8-16(12-19(20)25)14-4-5-14/h6-12,14,18H,4-5,13H2,1-3H3,(H,26,29)(H,27,28)/t18-/m0/s1. The molecule has 0 bridgehead atoms. The number of ether oxygens (including phenoxy) is 1. The number of benzene rings is 2. The van der Waals surface area contributed by atoms with Crippen LogP contribution >= 0.6 is 0 Å². The first-order valence-corrected chi connectivity index (χ1v) is 9.95. The Labute approximate surface area is 174 Å². The van der Waals surface area contributed by atoms with Crippen LogP contribution in [-0.4, -0.2) is 24.1 Å².